The predicted molar refractivity (Wildman–Crippen MR) is 85.9 cm³/mol. The van der Waals surface area contributed by atoms with Gasteiger partial charge in [-0.1, -0.05) is 32.9 Å². The monoisotopic (exact) mass is 284 g/mol. The highest BCUT2D eigenvalue weighted by molar-refractivity contribution is 5.96. The Balaban J connectivity index is 2.34. The molecule has 0 atom stereocenters. The third kappa shape index (κ3) is 3.23. The molecule has 0 aliphatic rings. The quantitative estimate of drug-likeness (QED) is 0.804. The fourth-order valence-corrected chi connectivity index (χ4v) is 2.60. The summed E-state index contributed by atoms with van der Waals surface area (Å²) in [7, 11) is 1.80. The van der Waals surface area contributed by atoms with Crippen molar-refractivity contribution in [2.45, 2.75) is 46.5 Å². The lowest BCUT2D eigenvalue weighted by molar-refractivity contribution is 0.0983. The first-order valence-electron chi connectivity index (χ1n) is 7.32. The number of hydrogen-bond acceptors (Lipinski definition) is 2. The lowest BCUT2D eigenvalue weighted by Gasteiger charge is -2.22. The molecular weight excluding hydrogens is 260 g/mol. The second-order valence-electron chi connectivity index (χ2n) is 6.78. The van der Waals surface area contributed by atoms with Gasteiger partial charge in [0, 0.05) is 19.7 Å². The van der Waals surface area contributed by atoms with E-state index in [-0.39, 0.29) is 11.2 Å². The van der Waals surface area contributed by atoms with Gasteiger partial charge in [0.15, 0.2) is 5.78 Å². The molecule has 21 heavy (non-hydrogen) atoms. The van der Waals surface area contributed by atoms with Crippen molar-refractivity contribution in [2.75, 3.05) is 0 Å². The highest BCUT2D eigenvalue weighted by atomic mass is 16.1. The molecule has 2 rings (SSSR count). The standard InChI is InChI=1S/C18H24N2O/c1-12-9-14(18(3,4)5)10-13(2)15(12)11-17(21)16-7-8-19-20(16)6/h7-10H,11H2,1-6H3. The lowest BCUT2D eigenvalue weighted by atomic mass is 9.83. The number of rotatable bonds is 3. The van der Waals surface area contributed by atoms with Gasteiger partial charge in [-0.3, -0.25) is 9.48 Å². The molecule has 0 aliphatic carbocycles. The van der Waals surface area contributed by atoms with Crippen LogP contribution >= 0.6 is 0 Å². The molecule has 1 heterocycles. The zero-order valence-electron chi connectivity index (χ0n) is 13.8. The van der Waals surface area contributed by atoms with Gasteiger partial charge in [0.2, 0.25) is 0 Å². The second-order valence-corrected chi connectivity index (χ2v) is 6.78. The Labute approximate surface area is 127 Å². The van der Waals surface area contributed by atoms with Crippen molar-refractivity contribution >= 4 is 5.78 Å². The van der Waals surface area contributed by atoms with Crippen LogP contribution in [0.1, 0.15) is 53.5 Å². The number of benzene rings is 1. The van der Waals surface area contributed by atoms with Crippen LogP contribution in [0, 0.1) is 13.8 Å². The Hall–Kier alpha value is -1.90. The van der Waals surface area contributed by atoms with E-state index in [0.717, 1.165) is 5.56 Å². The van der Waals surface area contributed by atoms with Crippen molar-refractivity contribution in [1.29, 1.82) is 0 Å². The Morgan fingerprint density at radius 3 is 2.19 bits per heavy atom. The number of Topliss-reactive ketones (excluding diaryl/α,β-unsaturated/α-hetero) is 1. The molecule has 0 saturated heterocycles. The van der Waals surface area contributed by atoms with Gasteiger partial charge >= 0.3 is 0 Å². The fraction of sp³-hybridized carbons (Fsp3) is 0.444. The van der Waals surface area contributed by atoms with E-state index in [1.807, 2.05) is 0 Å². The molecule has 0 N–H and O–H groups in total. The number of aryl methyl sites for hydroxylation is 3. The molecule has 0 fully saturated rings. The van der Waals surface area contributed by atoms with E-state index in [9.17, 15) is 4.79 Å². The lowest BCUT2D eigenvalue weighted by Crippen LogP contribution is -2.15. The highest BCUT2D eigenvalue weighted by Gasteiger charge is 2.18. The van der Waals surface area contributed by atoms with Crippen molar-refractivity contribution in [3.05, 3.63) is 52.3 Å². The maximum absolute atomic E-state index is 12.4. The second kappa shape index (κ2) is 5.47. The Morgan fingerprint density at radius 2 is 1.76 bits per heavy atom. The van der Waals surface area contributed by atoms with Gasteiger partial charge in [-0.05, 0) is 47.6 Å². The average Bonchev–Trinajstić information content (AvgIpc) is 2.78. The van der Waals surface area contributed by atoms with Crippen molar-refractivity contribution in [1.82, 2.24) is 9.78 Å². The van der Waals surface area contributed by atoms with Crippen LogP contribution in [0.25, 0.3) is 0 Å². The molecular formula is C18H24N2O. The highest BCUT2D eigenvalue weighted by Crippen LogP contribution is 2.27. The van der Waals surface area contributed by atoms with Gasteiger partial charge in [0.05, 0.1) is 0 Å². The van der Waals surface area contributed by atoms with Gasteiger partial charge in [0.1, 0.15) is 5.69 Å². The molecule has 0 unspecified atom stereocenters. The maximum Gasteiger partial charge on any atom is 0.185 e. The summed E-state index contributed by atoms with van der Waals surface area (Å²) in [6.45, 7) is 10.8. The minimum absolute atomic E-state index is 0.115. The Morgan fingerprint density at radius 1 is 1.19 bits per heavy atom. The molecule has 3 heteroatoms. The molecule has 0 bridgehead atoms. The SMILES string of the molecule is Cc1cc(C(C)(C)C)cc(C)c1CC(=O)c1ccnn1C. The van der Waals surface area contributed by atoms with E-state index in [0.29, 0.717) is 12.1 Å². The number of hydrogen-bond donors (Lipinski definition) is 0. The normalized spacial score (nSPS) is 11.7. The van der Waals surface area contributed by atoms with Gasteiger partial charge in [-0.2, -0.15) is 5.10 Å². The van der Waals surface area contributed by atoms with Crippen LogP contribution < -0.4 is 0 Å². The molecule has 112 valence electrons. The zero-order valence-corrected chi connectivity index (χ0v) is 13.8. The summed E-state index contributed by atoms with van der Waals surface area (Å²) >= 11 is 0. The molecule has 2 aromatic rings. The summed E-state index contributed by atoms with van der Waals surface area (Å²) in [5.74, 6) is 0.115. The predicted octanol–water partition coefficient (Wildman–Crippen LogP) is 3.76. The summed E-state index contributed by atoms with van der Waals surface area (Å²) in [6, 6.07) is 6.19. The number of aromatic nitrogens is 2. The fourth-order valence-electron chi connectivity index (χ4n) is 2.60. The summed E-state index contributed by atoms with van der Waals surface area (Å²) in [6.07, 6.45) is 2.09. The molecule has 0 aliphatic heterocycles. The molecule has 0 amide bonds. The molecule has 0 radical (unpaired) electrons. The minimum Gasteiger partial charge on any atom is -0.292 e. The van der Waals surface area contributed by atoms with Crippen LogP contribution in [0.5, 0.6) is 0 Å². The van der Waals surface area contributed by atoms with E-state index >= 15 is 0 Å². The van der Waals surface area contributed by atoms with Crippen molar-refractivity contribution < 1.29 is 4.79 Å². The van der Waals surface area contributed by atoms with Gasteiger partial charge in [-0.25, -0.2) is 0 Å². The van der Waals surface area contributed by atoms with E-state index in [4.69, 9.17) is 0 Å². The minimum atomic E-state index is 0.115. The molecule has 0 saturated carbocycles. The van der Waals surface area contributed by atoms with Crippen LogP contribution in [0.4, 0.5) is 0 Å². The van der Waals surface area contributed by atoms with Crippen LogP contribution in [0.3, 0.4) is 0 Å². The number of ketones is 1. The van der Waals surface area contributed by atoms with Gasteiger partial charge in [-0.15, -0.1) is 0 Å². The smallest absolute Gasteiger partial charge is 0.185 e. The van der Waals surface area contributed by atoms with Crippen LogP contribution in [0.15, 0.2) is 24.4 Å². The number of carbonyl (C=O) groups is 1. The molecule has 1 aromatic carbocycles. The first-order valence-corrected chi connectivity index (χ1v) is 7.32. The van der Waals surface area contributed by atoms with Crippen LogP contribution in [-0.4, -0.2) is 15.6 Å². The average molecular weight is 284 g/mol. The largest absolute Gasteiger partial charge is 0.292 e. The maximum atomic E-state index is 12.4. The number of carbonyl (C=O) groups excluding carboxylic acids is 1. The molecule has 0 spiro atoms. The van der Waals surface area contributed by atoms with E-state index < -0.39 is 0 Å². The topological polar surface area (TPSA) is 34.9 Å². The van der Waals surface area contributed by atoms with E-state index in [1.165, 1.54) is 16.7 Å². The Bertz CT molecular complexity index is 652. The first-order chi connectivity index (χ1) is 9.70. The van der Waals surface area contributed by atoms with Gasteiger partial charge < -0.3 is 0 Å². The third-order valence-electron chi connectivity index (χ3n) is 4.01. The zero-order chi connectivity index (χ0) is 15.8. The van der Waals surface area contributed by atoms with Crippen LogP contribution in [0.2, 0.25) is 0 Å². The van der Waals surface area contributed by atoms with E-state index in [2.05, 4.69) is 51.9 Å². The summed E-state index contributed by atoms with van der Waals surface area (Å²) in [5.41, 5.74) is 5.61. The number of nitrogens with zero attached hydrogens (tertiary/aromatic N) is 2. The van der Waals surface area contributed by atoms with E-state index in [1.54, 1.807) is 24.0 Å². The summed E-state index contributed by atoms with van der Waals surface area (Å²) < 4.78 is 1.64. The van der Waals surface area contributed by atoms with Gasteiger partial charge in [0.25, 0.3) is 0 Å². The van der Waals surface area contributed by atoms with Crippen molar-refractivity contribution in [3.8, 4) is 0 Å². The molecule has 1 aromatic heterocycles. The Kier molecular flexibility index (Phi) is 4.04. The summed E-state index contributed by atoms with van der Waals surface area (Å²) in [5, 5.41) is 4.07. The third-order valence-corrected chi connectivity index (χ3v) is 4.01. The summed E-state index contributed by atoms with van der Waals surface area (Å²) in [4.78, 5) is 12.4. The van der Waals surface area contributed by atoms with Crippen molar-refractivity contribution in [3.63, 3.8) is 0 Å². The molecule has 3 nitrogen and oxygen atoms in total. The van der Waals surface area contributed by atoms with Crippen molar-refractivity contribution in [2.24, 2.45) is 7.05 Å². The van der Waals surface area contributed by atoms with Crippen LogP contribution in [-0.2, 0) is 18.9 Å². The first kappa shape index (κ1) is 15.5.